The van der Waals surface area contributed by atoms with E-state index in [9.17, 15) is 4.21 Å². The highest BCUT2D eigenvalue weighted by Crippen LogP contribution is 2.26. The van der Waals surface area contributed by atoms with E-state index in [0.29, 0.717) is 19.0 Å². The van der Waals surface area contributed by atoms with Crippen molar-refractivity contribution >= 4 is 10.8 Å². The molecule has 0 amide bonds. The number of hydrogen-bond acceptors (Lipinski definition) is 4. The molecule has 0 spiro atoms. The third-order valence-corrected chi connectivity index (χ3v) is 5.48. The molecule has 5 heteroatoms. The highest BCUT2D eigenvalue weighted by atomic mass is 32.2. The largest absolute Gasteiger partial charge is 0.496 e. The molecule has 1 aliphatic heterocycles. The summed E-state index contributed by atoms with van der Waals surface area (Å²) >= 11 is 0. The molecule has 112 valence electrons. The van der Waals surface area contributed by atoms with Crippen LogP contribution in [0.4, 0.5) is 0 Å². The molecule has 1 aromatic carbocycles. The minimum absolute atomic E-state index is 0.0313. The number of nitrogens with two attached hydrogens (primary N) is 1. The minimum Gasteiger partial charge on any atom is -0.496 e. The normalized spacial score (nSPS) is 19.6. The van der Waals surface area contributed by atoms with Crippen LogP contribution in [0, 0.1) is 0 Å². The highest BCUT2D eigenvalue weighted by molar-refractivity contribution is 7.84. The van der Waals surface area contributed by atoms with E-state index in [1.165, 1.54) is 0 Å². The zero-order valence-electron chi connectivity index (χ0n) is 12.1. The number of benzene rings is 1. The summed E-state index contributed by atoms with van der Waals surface area (Å²) in [7, 11) is 0.749. The lowest BCUT2D eigenvalue weighted by Gasteiger charge is -2.22. The molecule has 4 nitrogen and oxygen atoms in total. The lowest BCUT2D eigenvalue weighted by molar-refractivity contribution is 0.0992. The molecule has 2 N–H and O–H groups in total. The molecular formula is C15H23NO3S. The number of ether oxygens (including phenoxy) is 2. The zero-order chi connectivity index (χ0) is 14.5. The van der Waals surface area contributed by atoms with Crippen molar-refractivity contribution in [3.05, 3.63) is 29.3 Å². The van der Waals surface area contributed by atoms with Crippen LogP contribution in [0.1, 0.15) is 36.9 Å². The quantitative estimate of drug-likeness (QED) is 0.904. The summed E-state index contributed by atoms with van der Waals surface area (Å²) in [6.45, 7) is 3.38. The zero-order valence-corrected chi connectivity index (χ0v) is 12.9. The molecule has 1 heterocycles. The van der Waals surface area contributed by atoms with E-state index in [1.54, 1.807) is 7.11 Å². The molecule has 0 aromatic heterocycles. The van der Waals surface area contributed by atoms with Gasteiger partial charge in [0.25, 0.3) is 0 Å². The molecule has 0 radical (unpaired) electrons. The van der Waals surface area contributed by atoms with Crippen LogP contribution in [0.5, 0.6) is 5.75 Å². The first-order valence-electron chi connectivity index (χ1n) is 6.99. The second-order valence-corrected chi connectivity index (χ2v) is 6.91. The van der Waals surface area contributed by atoms with Crippen molar-refractivity contribution in [1.29, 1.82) is 0 Å². The number of hydrogen-bond donors (Lipinski definition) is 1. The van der Waals surface area contributed by atoms with Crippen LogP contribution in [0.2, 0.25) is 0 Å². The Balaban J connectivity index is 2.13. The molecular weight excluding hydrogens is 274 g/mol. The van der Waals surface area contributed by atoms with Crippen molar-refractivity contribution in [3.63, 3.8) is 0 Å². The van der Waals surface area contributed by atoms with Gasteiger partial charge in [0.05, 0.1) is 12.9 Å². The van der Waals surface area contributed by atoms with E-state index in [4.69, 9.17) is 15.2 Å². The molecule has 1 saturated heterocycles. The first-order chi connectivity index (χ1) is 9.61. The van der Waals surface area contributed by atoms with E-state index >= 15 is 0 Å². The van der Waals surface area contributed by atoms with Crippen molar-refractivity contribution in [3.8, 4) is 5.75 Å². The van der Waals surface area contributed by atoms with Gasteiger partial charge in [-0.15, -0.1) is 0 Å². The fourth-order valence-corrected chi connectivity index (χ4v) is 3.89. The third-order valence-electron chi connectivity index (χ3n) is 3.67. The molecule has 0 aliphatic carbocycles. The summed E-state index contributed by atoms with van der Waals surface area (Å²) in [5, 5.41) is 0.229. The molecule has 0 saturated carbocycles. The van der Waals surface area contributed by atoms with Crippen LogP contribution in [-0.4, -0.2) is 29.8 Å². The van der Waals surface area contributed by atoms with E-state index in [0.717, 1.165) is 29.7 Å². The van der Waals surface area contributed by atoms with Crippen LogP contribution in [0.25, 0.3) is 0 Å². The fourth-order valence-electron chi connectivity index (χ4n) is 2.40. The first-order valence-corrected chi connectivity index (χ1v) is 8.37. The summed E-state index contributed by atoms with van der Waals surface area (Å²) in [5.74, 6) is 1.31. The van der Waals surface area contributed by atoms with Gasteiger partial charge in [-0.2, -0.15) is 0 Å². The average molecular weight is 297 g/mol. The fraction of sp³-hybridized carbons (Fsp3) is 0.600. The molecule has 1 fully saturated rings. The molecule has 2 atom stereocenters. The Morgan fingerprint density at radius 1 is 1.45 bits per heavy atom. The number of rotatable bonds is 5. The Morgan fingerprint density at radius 3 is 2.75 bits per heavy atom. The monoisotopic (exact) mass is 297 g/mol. The maximum atomic E-state index is 12.5. The summed E-state index contributed by atoms with van der Waals surface area (Å²) in [5.41, 5.74) is 7.94. The van der Waals surface area contributed by atoms with Crippen LogP contribution in [0.3, 0.4) is 0 Å². The molecule has 0 bridgehead atoms. The molecule has 2 unspecified atom stereocenters. The molecule has 20 heavy (non-hydrogen) atoms. The Morgan fingerprint density at radius 2 is 2.15 bits per heavy atom. The Kier molecular flexibility index (Phi) is 5.57. The topological polar surface area (TPSA) is 61.5 Å². The van der Waals surface area contributed by atoms with Crippen LogP contribution in [0.15, 0.2) is 18.2 Å². The lowest BCUT2D eigenvalue weighted by atomic mass is 10.1. The standard InChI is InChI=1S/C15H23NO3S/c1-11(16)12-3-4-15(18-2)13(9-12)10-20(17)14-5-7-19-8-6-14/h3-4,9,11,14H,5-8,10,16H2,1-2H3. The predicted molar refractivity (Wildman–Crippen MR) is 81.3 cm³/mol. The lowest BCUT2D eigenvalue weighted by Crippen LogP contribution is -2.25. The van der Waals surface area contributed by atoms with Gasteiger partial charge in [-0.05, 0) is 37.5 Å². The molecule has 2 rings (SSSR count). The van der Waals surface area contributed by atoms with Crippen molar-refractivity contribution in [2.45, 2.75) is 36.8 Å². The van der Waals surface area contributed by atoms with Gasteiger partial charge < -0.3 is 15.2 Å². The van der Waals surface area contributed by atoms with Gasteiger partial charge in [0.2, 0.25) is 0 Å². The van der Waals surface area contributed by atoms with Gasteiger partial charge in [-0.1, -0.05) is 6.07 Å². The van der Waals surface area contributed by atoms with Crippen LogP contribution >= 0.6 is 0 Å². The molecule has 1 aliphatic rings. The second-order valence-electron chi connectivity index (χ2n) is 5.20. The maximum Gasteiger partial charge on any atom is 0.123 e. The predicted octanol–water partition coefficient (Wildman–Crippen LogP) is 2.14. The summed E-state index contributed by atoms with van der Waals surface area (Å²) < 4.78 is 23.2. The Bertz CT molecular complexity index is 470. The minimum atomic E-state index is -0.892. The Labute approximate surface area is 123 Å². The maximum absolute atomic E-state index is 12.5. The van der Waals surface area contributed by atoms with E-state index in [-0.39, 0.29) is 11.3 Å². The van der Waals surface area contributed by atoms with Gasteiger partial charge in [-0.25, -0.2) is 0 Å². The van der Waals surface area contributed by atoms with E-state index in [2.05, 4.69) is 0 Å². The number of methoxy groups -OCH3 is 1. The first kappa shape index (κ1) is 15.5. The van der Waals surface area contributed by atoms with Gasteiger partial charge in [0, 0.05) is 40.9 Å². The smallest absolute Gasteiger partial charge is 0.123 e. The van der Waals surface area contributed by atoms with Crippen molar-refractivity contribution in [2.75, 3.05) is 20.3 Å². The summed E-state index contributed by atoms with van der Waals surface area (Å²) in [4.78, 5) is 0. The van der Waals surface area contributed by atoms with Crippen molar-refractivity contribution in [1.82, 2.24) is 0 Å². The van der Waals surface area contributed by atoms with Gasteiger partial charge in [0.1, 0.15) is 5.75 Å². The molecule has 1 aromatic rings. The van der Waals surface area contributed by atoms with Crippen LogP contribution in [-0.2, 0) is 21.3 Å². The van der Waals surface area contributed by atoms with Crippen molar-refractivity contribution < 1.29 is 13.7 Å². The second kappa shape index (κ2) is 7.20. The van der Waals surface area contributed by atoms with E-state index < -0.39 is 10.8 Å². The van der Waals surface area contributed by atoms with Crippen LogP contribution < -0.4 is 10.5 Å². The average Bonchev–Trinajstić information content (AvgIpc) is 2.48. The third kappa shape index (κ3) is 3.81. The SMILES string of the molecule is COc1ccc(C(C)N)cc1CS(=O)C1CCOCC1. The van der Waals surface area contributed by atoms with E-state index in [1.807, 2.05) is 25.1 Å². The van der Waals surface area contributed by atoms with Gasteiger partial charge in [-0.3, -0.25) is 4.21 Å². The highest BCUT2D eigenvalue weighted by Gasteiger charge is 2.21. The van der Waals surface area contributed by atoms with Gasteiger partial charge >= 0.3 is 0 Å². The van der Waals surface area contributed by atoms with Crippen molar-refractivity contribution in [2.24, 2.45) is 5.73 Å². The Hall–Kier alpha value is -0.910. The summed E-state index contributed by atoms with van der Waals surface area (Å²) in [6.07, 6.45) is 1.75. The summed E-state index contributed by atoms with van der Waals surface area (Å²) in [6, 6.07) is 5.86. The van der Waals surface area contributed by atoms with Gasteiger partial charge in [0.15, 0.2) is 0 Å².